The number of benzene rings is 1. The Hall–Kier alpha value is -1.40. The zero-order valence-corrected chi connectivity index (χ0v) is 11.7. The first kappa shape index (κ1) is 13.0. The van der Waals surface area contributed by atoms with Gasteiger partial charge in [-0.25, -0.2) is 0 Å². The highest BCUT2D eigenvalue weighted by Gasteiger charge is 2.05. The van der Waals surface area contributed by atoms with Gasteiger partial charge in [0.25, 0.3) is 0 Å². The Morgan fingerprint density at radius 2 is 2.22 bits per heavy atom. The number of hydrogen-bond donors (Lipinski definition) is 2. The molecule has 0 bridgehead atoms. The molecule has 0 aliphatic carbocycles. The number of hydrogen-bond acceptors (Lipinski definition) is 5. The fourth-order valence-electron chi connectivity index (χ4n) is 1.44. The predicted molar refractivity (Wildman–Crippen MR) is 73.7 cm³/mol. The molecule has 0 saturated heterocycles. The lowest BCUT2D eigenvalue weighted by molar-refractivity contribution is 0.479. The van der Waals surface area contributed by atoms with Gasteiger partial charge in [0.15, 0.2) is 0 Å². The molecule has 0 saturated carbocycles. The molecular formula is C12H15BrN4O. The van der Waals surface area contributed by atoms with E-state index in [1.165, 1.54) is 0 Å². The summed E-state index contributed by atoms with van der Waals surface area (Å²) in [7, 11) is 0. The average Bonchev–Trinajstić information content (AvgIpc) is 2.77. The van der Waals surface area contributed by atoms with Gasteiger partial charge in [0.1, 0.15) is 0 Å². The van der Waals surface area contributed by atoms with Crippen LogP contribution >= 0.6 is 15.9 Å². The molecule has 0 fully saturated rings. The van der Waals surface area contributed by atoms with Crippen LogP contribution in [0.1, 0.15) is 19.2 Å². The maximum absolute atomic E-state index is 5.46. The van der Waals surface area contributed by atoms with Crippen molar-refractivity contribution in [3.63, 3.8) is 0 Å². The van der Waals surface area contributed by atoms with Crippen LogP contribution in [0, 0.1) is 0 Å². The van der Waals surface area contributed by atoms with Gasteiger partial charge < -0.3 is 15.1 Å². The minimum absolute atomic E-state index is 0.404. The van der Waals surface area contributed by atoms with E-state index in [0.717, 1.165) is 23.1 Å². The van der Waals surface area contributed by atoms with Crippen LogP contribution in [0.15, 0.2) is 33.2 Å². The zero-order valence-electron chi connectivity index (χ0n) is 10.1. The van der Waals surface area contributed by atoms with Gasteiger partial charge in [0, 0.05) is 10.2 Å². The van der Waals surface area contributed by atoms with E-state index in [1.807, 2.05) is 24.3 Å². The molecule has 0 amide bonds. The molecule has 1 aromatic carbocycles. The van der Waals surface area contributed by atoms with Gasteiger partial charge in [-0.3, -0.25) is 0 Å². The average molecular weight is 311 g/mol. The quantitative estimate of drug-likeness (QED) is 0.803. The monoisotopic (exact) mass is 310 g/mol. The molecule has 2 aromatic rings. The SMILES string of the molecule is CCCNCc1nnc(Nc2cccc(Br)c2)o1. The van der Waals surface area contributed by atoms with Crippen molar-refractivity contribution >= 4 is 27.6 Å². The molecule has 2 rings (SSSR count). The van der Waals surface area contributed by atoms with Crippen LogP contribution in [0.5, 0.6) is 0 Å². The Balaban J connectivity index is 1.94. The van der Waals surface area contributed by atoms with Crippen LogP contribution in [0.3, 0.4) is 0 Å². The summed E-state index contributed by atoms with van der Waals surface area (Å²) in [5.74, 6) is 0.584. The number of anilines is 2. The smallest absolute Gasteiger partial charge is 0.320 e. The largest absolute Gasteiger partial charge is 0.406 e. The van der Waals surface area contributed by atoms with Crippen molar-refractivity contribution in [1.82, 2.24) is 15.5 Å². The molecule has 0 aliphatic heterocycles. The molecule has 0 unspecified atom stereocenters. The number of aromatic nitrogens is 2. The Morgan fingerprint density at radius 3 is 3.00 bits per heavy atom. The van der Waals surface area contributed by atoms with Crippen LogP contribution in [-0.4, -0.2) is 16.7 Å². The second-order valence-corrected chi connectivity index (χ2v) is 4.73. The molecule has 1 aromatic heterocycles. The minimum Gasteiger partial charge on any atom is -0.406 e. The summed E-state index contributed by atoms with van der Waals surface area (Å²) in [6.45, 7) is 3.65. The molecule has 1 heterocycles. The Morgan fingerprint density at radius 1 is 1.33 bits per heavy atom. The van der Waals surface area contributed by atoms with E-state index in [1.54, 1.807) is 0 Å². The van der Waals surface area contributed by atoms with Crippen molar-refractivity contribution in [3.05, 3.63) is 34.6 Å². The Kier molecular flexibility index (Phi) is 4.72. The van der Waals surface area contributed by atoms with Gasteiger partial charge in [-0.05, 0) is 31.2 Å². The van der Waals surface area contributed by atoms with E-state index in [4.69, 9.17) is 4.42 Å². The highest BCUT2D eigenvalue weighted by molar-refractivity contribution is 9.10. The van der Waals surface area contributed by atoms with Crippen LogP contribution in [0.4, 0.5) is 11.7 Å². The van der Waals surface area contributed by atoms with Crippen molar-refractivity contribution in [3.8, 4) is 0 Å². The highest BCUT2D eigenvalue weighted by atomic mass is 79.9. The molecule has 2 N–H and O–H groups in total. The first-order valence-electron chi connectivity index (χ1n) is 5.83. The van der Waals surface area contributed by atoms with Gasteiger partial charge in [-0.1, -0.05) is 34.0 Å². The minimum atomic E-state index is 0.404. The lowest BCUT2D eigenvalue weighted by Crippen LogP contribution is -2.13. The summed E-state index contributed by atoms with van der Waals surface area (Å²) in [6.07, 6.45) is 1.08. The molecule has 0 aliphatic rings. The standard InChI is InChI=1S/C12H15BrN4O/c1-2-6-14-8-11-16-17-12(18-11)15-10-5-3-4-9(13)7-10/h3-5,7,14H,2,6,8H2,1H3,(H,15,17). The number of nitrogens with zero attached hydrogens (tertiary/aromatic N) is 2. The van der Waals surface area contributed by atoms with Crippen molar-refractivity contribution in [2.24, 2.45) is 0 Å². The molecular weight excluding hydrogens is 296 g/mol. The van der Waals surface area contributed by atoms with Crippen LogP contribution < -0.4 is 10.6 Å². The fraction of sp³-hybridized carbons (Fsp3) is 0.333. The Labute approximate surface area is 114 Å². The lowest BCUT2D eigenvalue weighted by Gasteiger charge is -2.01. The van der Waals surface area contributed by atoms with Gasteiger partial charge in [0.05, 0.1) is 6.54 Å². The third-order valence-corrected chi connectivity index (χ3v) is 2.74. The van der Waals surface area contributed by atoms with E-state index in [-0.39, 0.29) is 0 Å². The van der Waals surface area contributed by atoms with Crippen LogP contribution in [0.2, 0.25) is 0 Å². The van der Waals surface area contributed by atoms with Gasteiger partial charge in [0.2, 0.25) is 5.89 Å². The van der Waals surface area contributed by atoms with Gasteiger partial charge in [-0.2, -0.15) is 0 Å². The summed E-state index contributed by atoms with van der Waals surface area (Å²) in [5.41, 5.74) is 0.904. The van der Waals surface area contributed by atoms with Gasteiger partial charge >= 0.3 is 6.01 Å². The van der Waals surface area contributed by atoms with Crippen molar-refractivity contribution in [2.45, 2.75) is 19.9 Å². The van der Waals surface area contributed by atoms with Crippen LogP contribution in [0.25, 0.3) is 0 Å². The number of rotatable bonds is 6. The number of nitrogens with one attached hydrogen (secondary N) is 2. The van der Waals surface area contributed by atoms with Gasteiger partial charge in [-0.15, -0.1) is 5.10 Å². The maximum atomic E-state index is 5.46. The zero-order chi connectivity index (χ0) is 12.8. The van der Waals surface area contributed by atoms with Crippen LogP contribution in [-0.2, 0) is 6.54 Å². The molecule has 18 heavy (non-hydrogen) atoms. The topological polar surface area (TPSA) is 63.0 Å². The number of halogens is 1. The Bertz CT molecular complexity index is 500. The van der Waals surface area contributed by atoms with E-state index < -0.39 is 0 Å². The summed E-state index contributed by atoms with van der Waals surface area (Å²) >= 11 is 3.41. The summed E-state index contributed by atoms with van der Waals surface area (Å²) < 4.78 is 6.46. The highest BCUT2D eigenvalue weighted by Crippen LogP contribution is 2.19. The third kappa shape index (κ3) is 3.82. The summed E-state index contributed by atoms with van der Waals surface area (Å²) in [4.78, 5) is 0. The molecule has 0 radical (unpaired) electrons. The molecule has 0 atom stereocenters. The summed E-state index contributed by atoms with van der Waals surface area (Å²) in [5, 5.41) is 14.2. The molecule has 96 valence electrons. The van der Waals surface area contributed by atoms with E-state index in [0.29, 0.717) is 18.5 Å². The summed E-state index contributed by atoms with van der Waals surface area (Å²) in [6, 6.07) is 8.18. The normalized spacial score (nSPS) is 10.6. The predicted octanol–water partition coefficient (Wildman–Crippen LogP) is 3.08. The first-order chi connectivity index (χ1) is 8.78. The molecule has 5 nitrogen and oxygen atoms in total. The van der Waals surface area contributed by atoms with Crippen molar-refractivity contribution in [1.29, 1.82) is 0 Å². The second kappa shape index (κ2) is 6.51. The van der Waals surface area contributed by atoms with E-state index in [9.17, 15) is 0 Å². The van der Waals surface area contributed by atoms with E-state index in [2.05, 4.69) is 43.7 Å². The fourth-order valence-corrected chi connectivity index (χ4v) is 1.84. The second-order valence-electron chi connectivity index (χ2n) is 3.81. The first-order valence-corrected chi connectivity index (χ1v) is 6.63. The van der Waals surface area contributed by atoms with Crippen molar-refractivity contribution < 1.29 is 4.42 Å². The molecule has 6 heteroatoms. The molecule has 0 spiro atoms. The maximum Gasteiger partial charge on any atom is 0.320 e. The third-order valence-electron chi connectivity index (χ3n) is 2.25. The van der Waals surface area contributed by atoms with Crippen molar-refractivity contribution in [2.75, 3.05) is 11.9 Å². The van der Waals surface area contributed by atoms with E-state index >= 15 is 0 Å². The lowest BCUT2D eigenvalue weighted by atomic mass is 10.3.